The SMILES string of the molecule is O=S(=O)(NC1CC1)c1ccccc1NCCOCCO. The van der Waals surface area contributed by atoms with E-state index in [4.69, 9.17) is 9.84 Å². The quantitative estimate of drug-likeness (QED) is 0.580. The van der Waals surface area contributed by atoms with Crippen LogP contribution in [-0.2, 0) is 14.8 Å². The molecule has 2 rings (SSSR count). The van der Waals surface area contributed by atoms with Crippen molar-refractivity contribution in [3.05, 3.63) is 24.3 Å². The van der Waals surface area contributed by atoms with E-state index in [-0.39, 0.29) is 24.2 Å². The molecule has 1 aromatic rings. The van der Waals surface area contributed by atoms with Crippen molar-refractivity contribution in [3.8, 4) is 0 Å². The highest BCUT2D eigenvalue weighted by Gasteiger charge is 2.29. The van der Waals surface area contributed by atoms with Gasteiger partial charge in [-0.2, -0.15) is 0 Å². The van der Waals surface area contributed by atoms with Gasteiger partial charge in [0.2, 0.25) is 10.0 Å². The molecule has 7 heteroatoms. The average Bonchev–Trinajstić information content (AvgIpc) is 3.22. The zero-order valence-corrected chi connectivity index (χ0v) is 12.0. The Labute approximate surface area is 119 Å². The summed E-state index contributed by atoms with van der Waals surface area (Å²) >= 11 is 0. The number of nitrogens with one attached hydrogen (secondary N) is 2. The van der Waals surface area contributed by atoms with Gasteiger partial charge >= 0.3 is 0 Å². The Morgan fingerprint density at radius 3 is 2.70 bits per heavy atom. The maximum atomic E-state index is 12.2. The first-order valence-corrected chi connectivity index (χ1v) is 8.15. The molecule has 0 amide bonds. The van der Waals surface area contributed by atoms with E-state index in [0.717, 1.165) is 12.8 Å². The number of hydrogen-bond acceptors (Lipinski definition) is 5. The summed E-state index contributed by atoms with van der Waals surface area (Å²) in [6.07, 6.45) is 1.81. The molecule has 0 spiro atoms. The summed E-state index contributed by atoms with van der Waals surface area (Å²) in [5.41, 5.74) is 0.563. The van der Waals surface area contributed by atoms with Gasteiger partial charge in [0.05, 0.1) is 25.5 Å². The van der Waals surface area contributed by atoms with Crippen molar-refractivity contribution in [2.24, 2.45) is 0 Å². The average molecular weight is 300 g/mol. The number of ether oxygens (including phenoxy) is 1. The first-order valence-electron chi connectivity index (χ1n) is 6.67. The van der Waals surface area contributed by atoms with E-state index in [9.17, 15) is 8.42 Å². The van der Waals surface area contributed by atoms with Gasteiger partial charge < -0.3 is 15.2 Å². The van der Waals surface area contributed by atoms with Crippen LogP contribution in [0.15, 0.2) is 29.2 Å². The Balaban J connectivity index is 1.98. The van der Waals surface area contributed by atoms with Crippen LogP contribution in [-0.4, -0.2) is 45.9 Å². The fourth-order valence-corrected chi connectivity index (χ4v) is 3.24. The predicted molar refractivity (Wildman–Crippen MR) is 76.2 cm³/mol. The lowest BCUT2D eigenvalue weighted by atomic mass is 10.3. The molecule has 0 bridgehead atoms. The molecule has 1 saturated carbocycles. The Morgan fingerprint density at radius 2 is 2.00 bits per heavy atom. The first-order chi connectivity index (χ1) is 9.63. The molecule has 0 saturated heterocycles. The lowest BCUT2D eigenvalue weighted by Crippen LogP contribution is -2.26. The molecule has 0 radical (unpaired) electrons. The fourth-order valence-electron chi connectivity index (χ4n) is 1.76. The molecule has 0 atom stereocenters. The van der Waals surface area contributed by atoms with Crippen LogP contribution >= 0.6 is 0 Å². The van der Waals surface area contributed by atoms with Gasteiger partial charge in [-0.3, -0.25) is 0 Å². The van der Waals surface area contributed by atoms with E-state index in [1.165, 1.54) is 0 Å². The smallest absolute Gasteiger partial charge is 0.242 e. The third-order valence-corrected chi connectivity index (χ3v) is 4.45. The van der Waals surface area contributed by atoms with Crippen LogP contribution in [0.25, 0.3) is 0 Å². The molecule has 1 aliphatic rings. The van der Waals surface area contributed by atoms with E-state index in [0.29, 0.717) is 18.8 Å². The van der Waals surface area contributed by atoms with E-state index < -0.39 is 10.0 Å². The van der Waals surface area contributed by atoms with Gasteiger partial charge in [-0.05, 0) is 25.0 Å². The van der Waals surface area contributed by atoms with Crippen LogP contribution in [0.3, 0.4) is 0 Å². The summed E-state index contributed by atoms with van der Waals surface area (Å²) in [4.78, 5) is 0.258. The van der Waals surface area contributed by atoms with Crippen molar-refractivity contribution >= 4 is 15.7 Å². The number of aliphatic hydroxyl groups excluding tert-OH is 1. The van der Waals surface area contributed by atoms with Crippen molar-refractivity contribution < 1.29 is 18.3 Å². The van der Waals surface area contributed by atoms with Crippen LogP contribution in [0.4, 0.5) is 5.69 Å². The van der Waals surface area contributed by atoms with Gasteiger partial charge in [0, 0.05) is 12.6 Å². The van der Waals surface area contributed by atoms with Crippen molar-refractivity contribution in [2.45, 2.75) is 23.8 Å². The van der Waals surface area contributed by atoms with Crippen LogP contribution in [0, 0.1) is 0 Å². The van der Waals surface area contributed by atoms with Gasteiger partial charge in [-0.15, -0.1) is 0 Å². The lowest BCUT2D eigenvalue weighted by molar-refractivity contribution is 0.0992. The highest BCUT2D eigenvalue weighted by Crippen LogP contribution is 2.25. The second-order valence-corrected chi connectivity index (χ2v) is 6.34. The molecule has 20 heavy (non-hydrogen) atoms. The molecule has 112 valence electrons. The summed E-state index contributed by atoms with van der Waals surface area (Å²) < 4.78 is 32.2. The maximum absolute atomic E-state index is 12.2. The highest BCUT2D eigenvalue weighted by atomic mass is 32.2. The standard InChI is InChI=1S/C13H20N2O4S/c16-8-10-19-9-7-14-12-3-1-2-4-13(12)20(17,18)15-11-5-6-11/h1-4,11,14-16H,5-10H2. The van der Waals surface area contributed by atoms with E-state index in [2.05, 4.69) is 10.0 Å². The molecular formula is C13H20N2O4S. The molecule has 1 aliphatic carbocycles. The van der Waals surface area contributed by atoms with Crippen LogP contribution in [0.5, 0.6) is 0 Å². The Morgan fingerprint density at radius 1 is 1.25 bits per heavy atom. The van der Waals surface area contributed by atoms with Gasteiger partial charge in [-0.25, -0.2) is 13.1 Å². The summed E-state index contributed by atoms with van der Waals surface area (Å²) in [7, 11) is -3.47. The molecule has 0 heterocycles. The van der Waals surface area contributed by atoms with E-state index in [1.54, 1.807) is 24.3 Å². The predicted octanol–water partition coefficient (Wildman–Crippen LogP) is 0.548. The van der Waals surface area contributed by atoms with Crippen LogP contribution < -0.4 is 10.0 Å². The maximum Gasteiger partial charge on any atom is 0.242 e. The van der Waals surface area contributed by atoms with Gasteiger partial charge in [0.15, 0.2) is 0 Å². The first kappa shape index (κ1) is 15.2. The van der Waals surface area contributed by atoms with Gasteiger partial charge in [0.1, 0.15) is 4.90 Å². The van der Waals surface area contributed by atoms with Crippen molar-refractivity contribution in [3.63, 3.8) is 0 Å². The Bertz CT molecular complexity index is 529. The van der Waals surface area contributed by atoms with Crippen molar-refractivity contribution in [1.29, 1.82) is 0 Å². The second kappa shape index (κ2) is 7.03. The summed E-state index contributed by atoms with van der Waals surface area (Å²) in [6, 6.07) is 6.89. The number of para-hydroxylation sites is 1. The van der Waals surface area contributed by atoms with Crippen LogP contribution in [0.2, 0.25) is 0 Å². The zero-order chi connectivity index (χ0) is 14.4. The molecular weight excluding hydrogens is 280 g/mol. The lowest BCUT2D eigenvalue weighted by Gasteiger charge is -2.13. The van der Waals surface area contributed by atoms with Crippen molar-refractivity contribution in [1.82, 2.24) is 4.72 Å². The minimum absolute atomic E-state index is 0.0176. The van der Waals surface area contributed by atoms with E-state index in [1.807, 2.05) is 0 Å². The highest BCUT2D eigenvalue weighted by molar-refractivity contribution is 7.89. The summed E-state index contributed by atoms with van der Waals surface area (Å²) in [5.74, 6) is 0. The van der Waals surface area contributed by atoms with Gasteiger partial charge in [0.25, 0.3) is 0 Å². The molecule has 0 aliphatic heterocycles. The minimum atomic E-state index is -3.47. The summed E-state index contributed by atoms with van der Waals surface area (Å²) in [6.45, 7) is 1.15. The minimum Gasteiger partial charge on any atom is -0.394 e. The summed E-state index contributed by atoms with van der Waals surface area (Å²) in [5, 5.41) is 11.6. The third-order valence-electron chi connectivity index (χ3n) is 2.87. The Kier molecular flexibility index (Phi) is 5.36. The largest absolute Gasteiger partial charge is 0.394 e. The van der Waals surface area contributed by atoms with E-state index >= 15 is 0 Å². The number of rotatable bonds is 9. The van der Waals surface area contributed by atoms with Crippen LogP contribution in [0.1, 0.15) is 12.8 Å². The number of anilines is 1. The topological polar surface area (TPSA) is 87.7 Å². The fraction of sp³-hybridized carbons (Fsp3) is 0.538. The normalized spacial score (nSPS) is 15.2. The van der Waals surface area contributed by atoms with Gasteiger partial charge in [-0.1, -0.05) is 12.1 Å². The molecule has 0 aromatic heterocycles. The zero-order valence-electron chi connectivity index (χ0n) is 11.2. The Hall–Kier alpha value is -1.15. The monoisotopic (exact) mass is 300 g/mol. The number of sulfonamides is 1. The molecule has 1 aromatic carbocycles. The molecule has 3 N–H and O–H groups in total. The third kappa shape index (κ3) is 4.45. The van der Waals surface area contributed by atoms with Crippen molar-refractivity contribution in [2.75, 3.05) is 31.7 Å². The number of aliphatic hydroxyl groups is 1. The molecule has 6 nitrogen and oxygen atoms in total. The number of benzene rings is 1. The molecule has 1 fully saturated rings. The number of hydrogen-bond donors (Lipinski definition) is 3. The molecule has 0 unspecified atom stereocenters. The second-order valence-electron chi connectivity index (χ2n) is 4.65.